The zero-order valence-corrected chi connectivity index (χ0v) is 18.0. The molecule has 162 valence electrons. The third-order valence-corrected chi connectivity index (χ3v) is 5.05. The molecule has 3 N–H and O–H groups in total. The Morgan fingerprint density at radius 3 is 2.68 bits per heavy atom. The maximum Gasteiger partial charge on any atom is 0.311 e. The number of carbonyl (C=O) groups excluding carboxylic acids is 1. The number of carbonyl (C=O) groups is 1. The van der Waals surface area contributed by atoms with Gasteiger partial charge in [-0.05, 0) is 75.4 Å². The summed E-state index contributed by atoms with van der Waals surface area (Å²) in [6.07, 6.45) is 4.25. The maximum absolute atomic E-state index is 12.1. The molecule has 8 heteroatoms. The molecule has 1 saturated carbocycles. The molecular weight excluding hydrogens is 394 g/mol. The van der Waals surface area contributed by atoms with Crippen LogP contribution in [0, 0.1) is 23.0 Å². The Balaban J connectivity index is 1.80. The summed E-state index contributed by atoms with van der Waals surface area (Å²) in [5.74, 6) is 1.02. The first-order valence-corrected chi connectivity index (χ1v) is 10.2. The largest absolute Gasteiger partial charge is 0.352 e. The van der Waals surface area contributed by atoms with E-state index in [0.29, 0.717) is 29.5 Å². The number of amides is 1. The molecule has 0 radical (unpaired) electrons. The van der Waals surface area contributed by atoms with Gasteiger partial charge in [-0.1, -0.05) is 12.2 Å². The van der Waals surface area contributed by atoms with E-state index >= 15 is 0 Å². The number of pyridine rings is 1. The van der Waals surface area contributed by atoms with Crippen molar-refractivity contribution in [3.8, 4) is 0 Å². The molecule has 1 aliphatic carbocycles. The van der Waals surface area contributed by atoms with E-state index < -0.39 is 4.92 Å². The van der Waals surface area contributed by atoms with Crippen LogP contribution in [0.4, 0.5) is 23.0 Å². The van der Waals surface area contributed by atoms with Crippen molar-refractivity contribution < 1.29 is 9.72 Å². The first kappa shape index (κ1) is 22.0. The fourth-order valence-corrected chi connectivity index (χ4v) is 3.28. The molecule has 1 heterocycles. The number of hydrogen-bond acceptors (Lipinski definition) is 6. The summed E-state index contributed by atoms with van der Waals surface area (Å²) < 4.78 is 0. The smallest absolute Gasteiger partial charge is 0.311 e. The molecule has 1 amide bonds. The van der Waals surface area contributed by atoms with Gasteiger partial charge in [-0.25, -0.2) is 4.98 Å². The van der Waals surface area contributed by atoms with E-state index in [1.54, 1.807) is 18.2 Å². The summed E-state index contributed by atoms with van der Waals surface area (Å²) in [7, 11) is 0. The number of benzene rings is 1. The van der Waals surface area contributed by atoms with Gasteiger partial charge in [0, 0.05) is 29.6 Å². The molecule has 0 bridgehead atoms. The number of anilines is 3. The lowest BCUT2D eigenvalue weighted by Gasteiger charge is -2.12. The average molecular weight is 422 g/mol. The van der Waals surface area contributed by atoms with Crippen LogP contribution in [0.25, 0.3) is 0 Å². The van der Waals surface area contributed by atoms with E-state index in [4.69, 9.17) is 0 Å². The predicted octanol–water partition coefficient (Wildman–Crippen LogP) is 5.07. The quantitative estimate of drug-likeness (QED) is 0.296. The highest BCUT2D eigenvalue weighted by Crippen LogP contribution is 2.36. The lowest BCUT2D eigenvalue weighted by Crippen LogP contribution is -2.23. The highest BCUT2D eigenvalue weighted by molar-refractivity contribution is 5.96. The minimum atomic E-state index is -0.477. The zero-order chi connectivity index (χ0) is 22.5. The Morgan fingerprint density at radius 2 is 2.06 bits per heavy atom. The standard InChI is InChI=1S/C23H27N5O3/c1-5-24-23(29)19-9-8-18(13-15(19)3)26-21-11-10-20(28(30)31)22(27-21)25-16(4)12-14(2)17-6-7-17/h8-13,17H,4-7H2,1-3H3,(H,24,29)(H2,25,26,27)/b14-12+. The topological polar surface area (TPSA) is 109 Å². The van der Waals surface area contributed by atoms with Crippen LogP contribution in [0.5, 0.6) is 0 Å². The van der Waals surface area contributed by atoms with E-state index in [0.717, 1.165) is 11.3 Å². The SMILES string of the molecule is C=C(/C=C(\C)C1CC1)Nc1nc(Nc2ccc(C(=O)NCC)c(C)c2)ccc1[N+](=O)[O-]. The third kappa shape index (κ3) is 5.69. The molecule has 0 saturated heterocycles. The van der Waals surface area contributed by atoms with Crippen LogP contribution < -0.4 is 16.0 Å². The summed E-state index contributed by atoms with van der Waals surface area (Å²) in [5.41, 5.74) is 3.76. The van der Waals surface area contributed by atoms with Gasteiger partial charge in [0.15, 0.2) is 0 Å². The fourth-order valence-electron chi connectivity index (χ4n) is 3.28. The second-order valence-corrected chi connectivity index (χ2v) is 7.65. The van der Waals surface area contributed by atoms with Crippen molar-refractivity contribution in [1.82, 2.24) is 10.3 Å². The number of nitrogens with one attached hydrogen (secondary N) is 3. The molecule has 0 spiro atoms. The molecule has 1 aliphatic rings. The van der Waals surface area contributed by atoms with Gasteiger partial charge in [-0.15, -0.1) is 0 Å². The first-order chi connectivity index (χ1) is 14.8. The summed E-state index contributed by atoms with van der Waals surface area (Å²) in [6, 6.07) is 8.29. The van der Waals surface area contributed by atoms with Gasteiger partial charge < -0.3 is 16.0 Å². The molecule has 1 fully saturated rings. The van der Waals surface area contributed by atoms with Crippen LogP contribution in [0.3, 0.4) is 0 Å². The van der Waals surface area contributed by atoms with Gasteiger partial charge in [0.25, 0.3) is 5.91 Å². The van der Waals surface area contributed by atoms with Gasteiger partial charge in [-0.3, -0.25) is 14.9 Å². The Labute approximate surface area is 181 Å². The van der Waals surface area contributed by atoms with Crippen molar-refractivity contribution in [2.45, 2.75) is 33.6 Å². The molecule has 31 heavy (non-hydrogen) atoms. The summed E-state index contributed by atoms with van der Waals surface area (Å²) in [4.78, 5) is 27.4. The number of allylic oxidation sites excluding steroid dienone is 2. The highest BCUT2D eigenvalue weighted by atomic mass is 16.6. The second-order valence-electron chi connectivity index (χ2n) is 7.65. The van der Waals surface area contributed by atoms with Gasteiger partial charge in [0.1, 0.15) is 5.82 Å². The van der Waals surface area contributed by atoms with Crippen LogP contribution in [-0.4, -0.2) is 22.4 Å². The van der Waals surface area contributed by atoms with Crippen molar-refractivity contribution in [3.63, 3.8) is 0 Å². The van der Waals surface area contributed by atoms with E-state index in [1.165, 1.54) is 24.5 Å². The van der Waals surface area contributed by atoms with E-state index in [9.17, 15) is 14.9 Å². The molecule has 2 aromatic rings. The molecule has 3 rings (SSSR count). The van der Waals surface area contributed by atoms with E-state index in [1.807, 2.05) is 32.9 Å². The van der Waals surface area contributed by atoms with Crippen LogP contribution in [0.15, 0.2) is 54.3 Å². The van der Waals surface area contributed by atoms with E-state index in [-0.39, 0.29) is 17.4 Å². The Morgan fingerprint density at radius 1 is 1.32 bits per heavy atom. The van der Waals surface area contributed by atoms with Crippen LogP contribution in [-0.2, 0) is 0 Å². The maximum atomic E-state index is 12.1. The lowest BCUT2D eigenvalue weighted by atomic mass is 10.1. The Kier molecular flexibility index (Phi) is 6.69. The zero-order valence-electron chi connectivity index (χ0n) is 18.0. The van der Waals surface area contributed by atoms with Crippen molar-refractivity contribution in [1.29, 1.82) is 0 Å². The van der Waals surface area contributed by atoms with E-state index in [2.05, 4.69) is 27.5 Å². The van der Waals surface area contributed by atoms with Crippen molar-refractivity contribution in [2.75, 3.05) is 17.2 Å². The first-order valence-electron chi connectivity index (χ1n) is 10.2. The molecule has 1 aromatic heterocycles. The molecular formula is C23H27N5O3. The lowest BCUT2D eigenvalue weighted by molar-refractivity contribution is -0.384. The number of nitrogens with zero attached hydrogens (tertiary/aromatic N) is 2. The van der Waals surface area contributed by atoms with Crippen molar-refractivity contribution >= 4 is 28.9 Å². The Bertz CT molecular complexity index is 1060. The normalized spacial score (nSPS) is 13.5. The summed E-state index contributed by atoms with van der Waals surface area (Å²) in [6.45, 7) is 10.3. The third-order valence-electron chi connectivity index (χ3n) is 5.05. The molecule has 8 nitrogen and oxygen atoms in total. The van der Waals surface area contributed by atoms with Crippen molar-refractivity contribution in [2.24, 2.45) is 5.92 Å². The minimum absolute atomic E-state index is 0.121. The highest BCUT2D eigenvalue weighted by Gasteiger charge is 2.23. The Hall–Kier alpha value is -3.68. The molecule has 1 aromatic carbocycles. The van der Waals surface area contributed by atoms with Crippen LogP contribution in [0.2, 0.25) is 0 Å². The minimum Gasteiger partial charge on any atom is -0.352 e. The van der Waals surface area contributed by atoms with Crippen molar-refractivity contribution in [3.05, 3.63) is 75.5 Å². The molecule has 0 unspecified atom stereocenters. The van der Waals surface area contributed by atoms with Crippen LogP contribution in [0.1, 0.15) is 42.6 Å². The molecule has 0 atom stereocenters. The van der Waals surface area contributed by atoms with Gasteiger partial charge in [-0.2, -0.15) is 0 Å². The summed E-state index contributed by atoms with van der Waals surface area (Å²) in [5, 5.41) is 20.3. The number of nitro groups is 1. The number of rotatable bonds is 9. The fraction of sp³-hybridized carbons (Fsp3) is 0.304. The summed E-state index contributed by atoms with van der Waals surface area (Å²) >= 11 is 0. The predicted molar refractivity (Wildman–Crippen MR) is 123 cm³/mol. The second kappa shape index (κ2) is 9.42. The number of aryl methyl sites for hydroxylation is 1. The van der Waals surface area contributed by atoms with Crippen LogP contribution >= 0.6 is 0 Å². The molecule has 0 aliphatic heterocycles. The van der Waals surface area contributed by atoms with Gasteiger partial charge >= 0.3 is 5.69 Å². The number of aromatic nitrogens is 1. The monoisotopic (exact) mass is 421 g/mol. The number of hydrogen-bond donors (Lipinski definition) is 3. The average Bonchev–Trinajstić information content (AvgIpc) is 3.53. The van der Waals surface area contributed by atoms with Gasteiger partial charge in [0.2, 0.25) is 5.82 Å². The van der Waals surface area contributed by atoms with Gasteiger partial charge in [0.05, 0.1) is 4.92 Å².